The Bertz CT molecular complexity index is 329. The van der Waals surface area contributed by atoms with Crippen molar-refractivity contribution in [1.82, 2.24) is 0 Å². The van der Waals surface area contributed by atoms with Gasteiger partial charge in [-0.05, 0) is 23.6 Å². The summed E-state index contributed by atoms with van der Waals surface area (Å²) < 4.78 is 13.0. The third-order valence-corrected chi connectivity index (χ3v) is 3.00. The Morgan fingerprint density at radius 3 is 2.91 bits per heavy atom. The summed E-state index contributed by atoms with van der Waals surface area (Å²) >= 11 is 0. The Kier molecular flexibility index (Phi) is 1.43. The van der Waals surface area contributed by atoms with Crippen molar-refractivity contribution in [1.29, 1.82) is 0 Å². The molecular weight excluding hydrogens is 155 g/mol. The van der Waals surface area contributed by atoms with E-state index in [-0.39, 0.29) is 5.82 Å². The number of fused-ring (bicyclic) bond motifs is 1. The molecule has 0 amide bonds. The van der Waals surface area contributed by atoms with Gasteiger partial charge < -0.3 is 0 Å². The summed E-state index contributed by atoms with van der Waals surface area (Å²) in [6.07, 6.45) is 4.83. The largest absolute Gasteiger partial charge is 0.207 e. The minimum Gasteiger partial charge on any atom is -0.207 e. The fourth-order valence-electron chi connectivity index (χ4n) is 1.49. The first kappa shape index (κ1) is 6.79. The van der Waals surface area contributed by atoms with Gasteiger partial charge in [0.05, 0.1) is 0 Å². The van der Waals surface area contributed by atoms with E-state index in [9.17, 15) is 4.39 Å². The van der Waals surface area contributed by atoms with Gasteiger partial charge in [0.15, 0.2) is 0 Å². The molecule has 1 aliphatic carbocycles. The molecule has 1 aliphatic rings. The molecule has 2 heteroatoms. The molecule has 0 aliphatic heterocycles. The molecule has 0 heterocycles. The van der Waals surface area contributed by atoms with Crippen molar-refractivity contribution in [3.63, 3.8) is 0 Å². The second-order valence-corrected chi connectivity index (χ2v) is 3.94. The molecule has 0 radical (unpaired) electrons. The van der Waals surface area contributed by atoms with Gasteiger partial charge in [0.1, 0.15) is 5.82 Å². The normalized spacial score (nSPS) is 13.9. The number of rotatable bonds is 0. The predicted molar refractivity (Wildman–Crippen MR) is 48.7 cm³/mol. The van der Waals surface area contributed by atoms with E-state index < -0.39 is 0 Å². The van der Waals surface area contributed by atoms with Crippen LogP contribution in [0.15, 0.2) is 18.2 Å². The van der Waals surface area contributed by atoms with E-state index in [0.29, 0.717) is 0 Å². The Balaban J connectivity index is 2.71. The lowest BCUT2D eigenvalue weighted by Crippen LogP contribution is -2.09. The molecule has 11 heavy (non-hydrogen) atoms. The summed E-state index contributed by atoms with van der Waals surface area (Å²) in [5.74, 6) is -0.0513. The molecule has 0 saturated carbocycles. The van der Waals surface area contributed by atoms with Crippen molar-refractivity contribution in [3.05, 3.63) is 35.2 Å². The van der Waals surface area contributed by atoms with E-state index in [1.54, 1.807) is 6.07 Å². The van der Waals surface area contributed by atoms with Crippen LogP contribution in [0.4, 0.5) is 4.39 Å². The second-order valence-electron chi connectivity index (χ2n) is 2.86. The highest BCUT2D eigenvalue weighted by molar-refractivity contribution is 6.34. The van der Waals surface area contributed by atoms with E-state index in [0.717, 1.165) is 27.8 Å². The number of allylic oxidation sites excluding steroid dienone is 1. The second kappa shape index (κ2) is 2.31. The van der Waals surface area contributed by atoms with Crippen LogP contribution in [0.5, 0.6) is 0 Å². The van der Waals surface area contributed by atoms with Crippen LogP contribution < -0.4 is 5.19 Å². The monoisotopic (exact) mass is 164 g/mol. The molecule has 1 aromatic carbocycles. The van der Waals surface area contributed by atoms with Crippen molar-refractivity contribution < 1.29 is 4.39 Å². The molecule has 0 nitrogen and oxygen atoms in total. The van der Waals surface area contributed by atoms with Crippen LogP contribution in [0, 0.1) is 5.82 Å². The molecule has 0 aromatic heterocycles. The first-order valence-corrected chi connectivity index (χ1v) is 4.73. The Morgan fingerprint density at radius 2 is 2.18 bits per heavy atom. The van der Waals surface area contributed by atoms with Gasteiger partial charge in [0.25, 0.3) is 0 Å². The lowest BCUT2D eigenvalue weighted by Gasteiger charge is -2.03. The fourth-order valence-corrected chi connectivity index (χ4v) is 2.12. The average molecular weight is 164 g/mol. The first-order chi connectivity index (χ1) is 5.29. The Hall–Kier alpha value is -0.893. The zero-order valence-corrected chi connectivity index (χ0v) is 8.39. The lowest BCUT2D eigenvalue weighted by molar-refractivity contribution is 0.616. The predicted octanol–water partition coefficient (Wildman–Crippen LogP) is 0.386. The number of hydrogen-bond acceptors (Lipinski definition) is 0. The molecule has 0 atom stereocenters. The third-order valence-electron chi connectivity index (χ3n) is 2.12. The summed E-state index contributed by atoms with van der Waals surface area (Å²) in [4.78, 5) is 0. The minimum absolute atomic E-state index is 0.0513. The Morgan fingerprint density at radius 1 is 1.36 bits per heavy atom. The van der Waals surface area contributed by atoms with Gasteiger partial charge >= 0.3 is 0 Å². The highest BCUT2D eigenvalue weighted by Gasteiger charge is 2.11. The molecule has 0 bridgehead atoms. The number of benzene rings is 1. The van der Waals surface area contributed by atoms with Crippen molar-refractivity contribution in [2.24, 2.45) is 0 Å². The minimum atomic E-state index is -0.0513. The topological polar surface area (TPSA) is 0 Å². The molecule has 1 aromatic rings. The highest BCUT2D eigenvalue weighted by atomic mass is 28.1. The maximum absolute atomic E-state index is 13.0. The molecule has 56 valence electrons. The van der Waals surface area contributed by atoms with Crippen molar-refractivity contribution in [2.75, 3.05) is 0 Å². The smallest absolute Gasteiger partial charge is 0.127 e. The molecule has 0 spiro atoms. The van der Waals surface area contributed by atoms with Crippen LogP contribution in [0.3, 0.4) is 0 Å². The van der Waals surface area contributed by atoms with Crippen molar-refractivity contribution in [2.45, 2.75) is 6.42 Å². The number of halogens is 1. The Labute approximate surface area is 68.2 Å². The van der Waals surface area contributed by atoms with Gasteiger partial charge in [0, 0.05) is 10.2 Å². The van der Waals surface area contributed by atoms with Gasteiger partial charge in [0.2, 0.25) is 0 Å². The van der Waals surface area contributed by atoms with Gasteiger partial charge in [-0.3, -0.25) is 0 Å². The third kappa shape index (κ3) is 0.941. The fraction of sp³-hybridized carbons (Fsp3) is 0.111. The summed E-state index contributed by atoms with van der Waals surface area (Å²) in [6.45, 7) is 0. The quantitative estimate of drug-likeness (QED) is 0.486. The van der Waals surface area contributed by atoms with E-state index in [1.807, 2.05) is 18.2 Å². The van der Waals surface area contributed by atoms with Crippen molar-refractivity contribution >= 4 is 21.5 Å². The maximum Gasteiger partial charge on any atom is 0.127 e. The van der Waals surface area contributed by atoms with Gasteiger partial charge in [-0.1, -0.05) is 23.4 Å². The van der Waals surface area contributed by atoms with E-state index >= 15 is 0 Å². The SMILES string of the molecule is Fc1ccc([SiH3])c2c1CC=C2. The molecule has 2 rings (SSSR count). The van der Waals surface area contributed by atoms with Crippen LogP contribution in [-0.2, 0) is 6.42 Å². The highest BCUT2D eigenvalue weighted by Crippen LogP contribution is 2.19. The molecular formula is C9H9FSi. The van der Waals surface area contributed by atoms with Gasteiger partial charge in [-0.2, -0.15) is 0 Å². The average Bonchev–Trinajstić information content (AvgIpc) is 2.45. The summed E-state index contributed by atoms with van der Waals surface area (Å²) in [7, 11) is 1.00. The standard InChI is InChI=1S/C9H9FSi/c10-8-4-5-9(11)7-3-1-2-6(7)8/h1,3-5H,2H2,11H3. The lowest BCUT2D eigenvalue weighted by atomic mass is 10.1. The van der Waals surface area contributed by atoms with Crippen LogP contribution in [0.2, 0.25) is 0 Å². The van der Waals surface area contributed by atoms with Crippen LogP contribution in [0.1, 0.15) is 11.1 Å². The molecule has 0 unspecified atom stereocenters. The molecule has 0 fully saturated rings. The zero-order valence-electron chi connectivity index (χ0n) is 6.39. The van der Waals surface area contributed by atoms with Gasteiger partial charge in [-0.25, -0.2) is 4.39 Å². The summed E-state index contributed by atoms with van der Waals surface area (Å²) in [5.41, 5.74) is 2.02. The molecule has 0 N–H and O–H groups in total. The van der Waals surface area contributed by atoms with E-state index in [2.05, 4.69) is 0 Å². The summed E-state index contributed by atoms with van der Waals surface area (Å²) in [6, 6.07) is 3.46. The number of hydrogen-bond donors (Lipinski definition) is 0. The van der Waals surface area contributed by atoms with E-state index in [4.69, 9.17) is 0 Å². The summed E-state index contributed by atoms with van der Waals surface area (Å²) in [5, 5.41) is 1.30. The zero-order chi connectivity index (χ0) is 7.84. The van der Waals surface area contributed by atoms with Crippen LogP contribution >= 0.6 is 0 Å². The van der Waals surface area contributed by atoms with Crippen LogP contribution in [-0.4, -0.2) is 10.2 Å². The van der Waals surface area contributed by atoms with E-state index in [1.165, 1.54) is 5.19 Å². The maximum atomic E-state index is 13.0. The van der Waals surface area contributed by atoms with Gasteiger partial charge in [-0.15, -0.1) is 0 Å². The van der Waals surface area contributed by atoms with Crippen LogP contribution in [0.25, 0.3) is 6.08 Å². The molecule has 0 saturated heterocycles. The first-order valence-electron chi connectivity index (χ1n) is 3.73. The van der Waals surface area contributed by atoms with Crippen molar-refractivity contribution in [3.8, 4) is 0 Å².